The number of ether oxygens (including phenoxy) is 1. The van der Waals surface area contributed by atoms with Gasteiger partial charge in [-0.2, -0.15) is 0 Å². The van der Waals surface area contributed by atoms with Gasteiger partial charge in [-0.1, -0.05) is 18.9 Å². The summed E-state index contributed by atoms with van der Waals surface area (Å²) >= 11 is 0. The first kappa shape index (κ1) is 11.4. The molecule has 1 fully saturated rings. The SMILES string of the molecule is C=CCCCCCC1COCCC1=O. The summed E-state index contributed by atoms with van der Waals surface area (Å²) in [5, 5.41) is 0. The quantitative estimate of drug-likeness (QED) is 0.482. The molecule has 0 amide bonds. The van der Waals surface area contributed by atoms with E-state index in [-0.39, 0.29) is 5.92 Å². The minimum Gasteiger partial charge on any atom is -0.380 e. The van der Waals surface area contributed by atoms with Gasteiger partial charge in [0.05, 0.1) is 13.2 Å². The van der Waals surface area contributed by atoms with E-state index < -0.39 is 0 Å². The molecule has 1 aliphatic rings. The van der Waals surface area contributed by atoms with Crippen LogP contribution in [0.3, 0.4) is 0 Å². The number of unbranched alkanes of at least 4 members (excludes halogenated alkanes) is 3. The Hall–Kier alpha value is -0.630. The van der Waals surface area contributed by atoms with E-state index in [0.717, 1.165) is 19.3 Å². The number of allylic oxidation sites excluding steroid dienone is 1. The summed E-state index contributed by atoms with van der Waals surface area (Å²) in [6, 6.07) is 0. The highest BCUT2D eigenvalue weighted by atomic mass is 16.5. The number of hydrogen-bond acceptors (Lipinski definition) is 2. The average Bonchev–Trinajstić information content (AvgIpc) is 2.20. The fraction of sp³-hybridized carbons (Fsp3) is 0.750. The zero-order chi connectivity index (χ0) is 10.2. The summed E-state index contributed by atoms with van der Waals surface area (Å²) in [4.78, 5) is 11.4. The molecule has 80 valence electrons. The molecule has 0 aliphatic carbocycles. The summed E-state index contributed by atoms with van der Waals surface area (Å²) in [5.41, 5.74) is 0. The van der Waals surface area contributed by atoms with E-state index >= 15 is 0 Å². The molecule has 0 aromatic carbocycles. The molecular weight excluding hydrogens is 176 g/mol. The van der Waals surface area contributed by atoms with Crippen molar-refractivity contribution in [3.8, 4) is 0 Å². The normalized spacial score (nSPS) is 22.3. The number of hydrogen-bond donors (Lipinski definition) is 0. The number of carbonyl (C=O) groups is 1. The van der Waals surface area contributed by atoms with Crippen LogP contribution in [0.5, 0.6) is 0 Å². The monoisotopic (exact) mass is 196 g/mol. The maximum atomic E-state index is 11.4. The van der Waals surface area contributed by atoms with E-state index in [4.69, 9.17) is 4.74 Å². The zero-order valence-corrected chi connectivity index (χ0v) is 8.84. The molecule has 0 radical (unpaired) electrons. The van der Waals surface area contributed by atoms with E-state index in [0.29, 0.717) is 25.4 Å². The predicted octanol–water partition coefficient (Wildman–Crippen LogP) is 2.73. The summed E-state index contributed by atoms with van der Waals surface area (Å²) in [7, 11) is 0. The van der Waals surface area contributed by atoms with Crippen LogP contribution in [-0.2, 0) is 9.53 Å². The van der Waals surface area contributed by atoms with Crippen molar-refractivity contribution in [3.63, 3.8) is 0 Å². The Labute approximate surface area is 86.3 Å². The molecule has 0 aromatic heterocycles. The number of Topliss-reactive ketones (excluding diaryl/α,β-unsaturated/α-hetero) is 1. The Balaban J connectivity index is 2.04. The largest absolute Gasteiger partial charge is 0.380 e. The maximum Gasteiger partial charge on any atom is 0.140 e. The molecule has 1 atom stereocenters. The van der Waals surface area contributed by atoms with E-state index in [9.17, 15) is 4.79 Å². The third-order valence-electron chi connectivity index (χ3n) is 2.73. The zero-order valence-electron chi connectivity index (χ0n) is 8.84. The minimum atomic E-state index is 0.187. The minimum absolute atomic E-state index is 0.187. The van der Waals surface area contributed by atoms with Gasteiger partial charge in [-0.05, 0) is 19.3 Å². The molecule has 0 bridgehead atoms. The third kappa shape index (κ3) is 4.05. The van der Waals surface area contributed by atoms with Crippen LogP contribution < -0.4 is 0 Å². The van der Waals surface area contributed by atoms with Crippen molar-refractivity contribution < 1.29 is 9.53 Å². The summed E-state index contributed by atoms with van der Waals surface area (Å²) in [6.07, 6.45) is 8.23. The lowest BCUT2D eigenvalue weighted by Crippen LogP contribution is -2.27. The molecule has 0 aromatic rings. The molecule has 1 unspecified atom stereocenters. The predicted molar refractivity (Wildman–Crippen MR) is 57.2 cm³/mol. The van der Waals surface area contributed by atoms with Crippen LogP contribution in [0, 0.1) is 5.92 Å². The first-order valence-corrected chi connectivity index (χ1v) is 5.56. The fourth-order valence-corrected chi connectivity index (χ4v) is 1.80. The summed E-state index contributed by atoms with van der Waals surface area (Å²) < 4.78 is 5.29. The first-order chi connectivity index (χ1) is 6.84. The molecule has 1 rings (SSSR count). The number of rotatable bonds is 6. The van der Waals surface area contributed by atoms with E-state index in [2.05, 4.69) is 6.58 Å². The summed E-state index contributed by atoms with van der Waals surface area (Å²) in [6.45, 7) is 4.97. The molecule has 14 heavy (non-hydrogen) atoms. The van der Waals surface area contributed by atoms with Gasteiger partial charge in [0.25, 0.3) is 0 Å². The van der Waals surface area contributed by atoms with E-state index in [1.54, 1.807) is 0 Å². The van der Waals surface area contributed by atoms with E-state index in [1.807, 2.05) is 6.08 Å². The van der Waals surface area contributed by atoms with Crippen molar-refractivity contribution in [2.75, 3.05) is 13.2 Å². The van der Waals surface area contributed by atoms with Gasteiger partial charge in [0, 0.05) is 12.3 Å². The smallest absolute Gasteiger partial charge is 0.140 e. The van der Waals surface area contributed by atoms with Gasteiger partial charge in [0.15, 0.2) is 0 Å². The van der Waals surface area contributed by atoms with Crippen LogP contribution in [0.15, 0.2) is 12.7 Å². The van der Waals surface area contributed by atoms with Crippen molar-refractivity contribution >= 4 is 5.78 Å². The van der Waals surface area contributed by atoms with Gasteiger partial charge < -0.3 is 4.74 Å². The van der Waals surface area contributed by atoms with E-state index in [1.165, 1.54) is 12.8 Å². The van der Waals surface area contributed by atoms with Crippen LogP contribution in [0.25, 0.3) is 0 Å². The lowest BCUT2D eigenvalue weighted by molar-refractivity contribution is -0.130. The van der Waals surface area contributed by atoms with Crippen molar-refractivity contribution in [2.24, 2.45) is 5.92 Å². The van der Waals surface area contributed by atoms with Gasteiger partial charge in [0.1, 0.15) is 5.78 Å². The Morgan fingerprint density at radius 3 is 3.00 bits per heavy atom. The fourth-order valence-electron chi connectivity index (χ4n) is 1.80. The molecule has 0 spiro atoms. The summed E-state index contributed by atoms with van der Waals surface area (Å²) in [5.74, 6) is 0.590. The van der Waals surface area contributed by atoms with Crippen LogP contribution in [0.4, 0.5) is 0 Å². The first-order valence-electron chi connectivity index (χ1n) is 5.56. The molecular formula is C12H20O2. The van der Waals surface area contributed by atoms with Crippen LogP contribution in [0.2, 0.25) is 0 Å². The molecule has 0 N–H and O–H groups in total. The highest BCUT2D eigenvalue weighted by molar-refractivity contribution is 5.81. The lowest BCUT2D eigenvalue weighted by Gasteiger charge is -2.20. The standard InChI is InChI=1S/C12H20O2/c1-2-3-4-5-6-7-11-10-14-9-8-12(11)13/h2,11H,1,3-10H2. The Morgan fingerprint density at radius 1 is 1.43 bits per heavy atom. The van der Waals surface area contributed by atoms with Crippen LogP contribution in [-0.4, -0.2) is 19.0 Å². The molecule has 1 aliphatic heterocycles. The van der Waals surface area contributed by atoms with Crippen LogP contribution >= 0.6 is 0 Å². The van der Waals surface area contributed by atoms with Gasteiger partial charge in [0.2, 0.25) is 0 Å². The van der Waals surface area contributed by atoms with Crippen molar-refractivity contribution in [1.82, 2.24) is 0 Å². The third-order valence-corrected chi connectivity index (χ3v) is 2.73. The maximum absolute atomic E-state index is 11.4. The van der Waals surface area contributed by atoms with Crippen molar-refractivity contribution in [2.45, 2.75) is 38.5 Å². The Bertz CT molecular complexity index is 187. The van der Waals surface area contributed by atoms with Gasteiger partial charge in [-0.3, -0.25) is 4.79 Å². The second kappa shape index (κ2) is 6.77. The topological polar surface area (TPSA) is 26.3 Å². The average molecular weight is 196 g/mol. The molecule has 2 nitrogen and oxygen atoms in total. The molecule has 1 heterocycles. The molecule has 2 heteroatoms. The number of carbonyl (C=O) groups excluding carboxylic acids is 1. The van der Waals surface area contributed by atoms with Crippen molar-refractivity contribution in [3.05, 3.63) is 12.7 Å². The Kier molecular flexibility index (Phi) is 5.53. The lowest BCUT2D eigenvalue weighted by atomic mass is 9.94. The highest BCUT2D eigenvalue weighted by Gasteiger charge is 2.21. The van der Waals surface area contributed by atoms with Gasteiger partial charge in [-0.15, -0.1) is 6.58 Å². The second-order valence-corrected chi connectivity index (χ2v) is 3.91. The Morgan fingerprint density at radius 2 is 2.29 bits per heavy atom. The molecule has 0 saturated carbocycles. The van der Waals surface area contributed by atoms with Crippen molar-refractivity contribution in [1.29, 1.82) is 0 Å². The highest BCUT2D eigenvalue weighted by Crippen LogP contribution is 2.17. The van der Waals surface area contributed by atoms with Crippen LogP contribution in [0.1, 0.15) is 38.5 Å². The second-order valence-electron chi connectivity index (χ2n) is 3.91. The van der Waals surface area contributed by atoms with Gasteiger partial charge in [-0.25, -0.2) is 0 Å². The molecule has 1 saturated heterocycles. The number of ketones is 1. The van der Waals surface area contributed by atoms with Gasteiger partial charge >= 0.3 is 0 Å².